The summed E-state index contributed by atoms with van der Waals surface area (Å²) in [4.78, 5) is 15.2. The number of hydrogen-bond donors (Lipinski definition) is 0. The van der Waals surface area contributed by atoms with Crippen molar-refractivity contribution in [2.75, 3.05) is 24.2 Å². The molecule has 2 aromatic rings. The van der Waals surface area contributed by atoms with Crippen molar-refractivity contribution in [1.82, 2.24) is 19.5 Å². The second-order valence-electron chi connectivity index (χ2n) is 5.33. The lowest BCUT2D eigenvalue weighted by molar-refractivity contribution is 0.350. The van der Waals surface area contributed by atoms with Crippen LogP contribution in [0.5, 0.6) is 0 Å². The molecule has 1 saturated heterocycles. The summed E-state index contributed by atoms with van der Waals surface area (Å²) in [5, 5.41) is 9.92. The molecule has 0 atom stereocenters. The minimum atomic E-state index is 0.549. The molecule has 7 heteroatoms. The quantitative estimate of drug-likeness (QED) is 0.621. The summed E-state index contributed by atoms with van der Waals surface area (Å²) in [6.07, 6.45) is 8.41. The number of aryl methyl sites for hydroxylation is 1. The molecule has 3 heterocycles. The van der Waals surface area contributed by atoms with Gasteiger partial charge in [-0.25, -0.2) is 15.0 Å². The predicted octanol–water partition coefficient (Wildman–Crippen LogP) is 1.97. The third-order valence-electron chi connectivity index (χ3n) is 3.88. The summed E-state index contributed by atoms with van der Waals surface area (Å²) >= 11 is 1.49. The maximum Gasteiger partial charge on any atom is 0.189 e. The van der Waals surface area contributed by atoms with E-state index in [1.54, 1.807) is 6.20 Å². The van der Waals surface area contributed by atoms with E-state index in [9.17, 15) is 5.26 Å². The van der Waals surface area contributed by atoms with Crippen molar-refractivity contribution in [3.63, 3.8) is 0 Å². The Morgan fingerprint density at radius 1 is 1.41 bits per heavy atom. The van der Waals surface area contributed by atoms with Gasteiger partial charge in [0.1, 0.15) is 17.5 Å². The van der Waals surface area contributed by atoms with Crippen LogP contribution < -0.4 is 4.90 Å². The first-order valence-corrected chi connectivity index (χ1v) is 8.53. The van der Waals surface area contributed by atoms with E-state index < -0.39 is 0 Å². The lowest BCUT2D eigenvalue weighted by Crippen LogP contribution is -2.49. The Hall–Kier alpha value is -2.07. The summed E-state index contributed by atoms with van der Waals surface area (Å²) in [7, 11) is 0. The van der Waals surface area contributed by atoms with E-state index in [2.05, 4.69) is 37.4 Å². The number of thioether (sulfide) groups is 1. The average molecular weight is 314 g/mol. The average Bonchev–Trinajstić information content (AvgIpc) is 2.97. The highest BCUT2D eigenvalue weighted by atomic mass is 32.2. The normalized spacial score (nSPS) is 14.7. The molecule has 0 N–H and O–H groups in total. The SMILES string of the molecule is CCc1nccn1CC1CN(c2nc(SC)ncc2C#N)C1. The van der Waals surface area contributed by atoms with E-state index in [0.29, 0.717) is 16.6 Å². The van der Waals surface area contributed by atoms with Crippen molar-refractivity contribution in [3.8, 4) is 6.07 Å². The predicted molar refractivity (Wildman–Crippen MR) is 85.8 cm³/mol. The molecule has 0 radical (unpaired) electrons. The van der Waals surface area contributed by atoms with E-state index in [1.165, 1.54) is 11.8 Å². The fourth-order valence-corrected chi connectivity index (χ4v) is 3.07. The van der Waals surface area contributed by atoms with Crippen LogP contribution in [0.3, 0.4) is 0 Å². The highest BCUT2D eigenvalue weighted by Crippen LogP contribution is 2.28. The van der Waals surface area contributed by atoms with Crippen molar-refractivity contribution < 1.29 is 0 Å². The maximum atomic E-state index is 9.22. The lowest BCUT2D eigenvalue weighted by atomic mass is 9.99. The van der Waals surface area contributed by atoms with Gasteiger partial charge in [0.05, 0.1) is 6.20 Å². The Morgan fingerprint density at radius 3 is 2.91 bits per heavy atom. The van der Waals surface area contributed by atoms with Crippen LogP contribution in [-0.4, -0.2) is 38.9 Å². The number of hydrogen-bond acceptors (Lipinski definition) is 6. The number of imidazole rings is 1. The van der Waals surface area contributed by atoms with E-state index >= 15 is 0 Å². The Bertz CT molecular complexity index is 698. The van der Waals surface area contributed by atoms with Gasteiger partial charge in [0.2, 0.25) is 0 Å². The van der Waals surface area contributed by atoms with E-state index in [1.807, 2.05) is 18.6 Å². The van der Waals surface area contributed by atoms with Gasteiger partial charge in [-0.2, -0.15) is 5.26 Å². The fourth-order valence-electron chi connectivity index (χ4n) is 2.73. The van der Waals surface area contributed by atoms with Gasteiger partial charge in [-0.1, -0.05) is 18.7 Å². The zero-order chi connectivity index (χ0) is 15.5. The highest BCUT2D eigenvalue weighted by molar-refractivity contribution is 7.98. The molecule has 2 aromatic heterocycles. The van der Waals surface area contributed by atoms with E-state index in [-0.39, 0.29) is 0 Å². The third kappa shape index (κ3) is 2.79. The van der Waals surface area contributed by atoms with Gasteiger partial charge in [0.15, 0.2) is 11.0 Å². The summed E-state index contributed by atoms with van der Waals surface area (Å²) in [5.74, 6) is 2.46. The van der Waals surface area contributed by atoms with Crippen molar-refractivity contribution in [2.45, 2.75) is 25.0 Å². The summed E-state index contributed by atoms with van der Waals surface area (Å²) in [6, 6.07) is 2.18. The van der Waals surface area contributed by atoms with Crippen LogP contribution >= 0.6 is 11.8 Å². The van der Waals surface area contributed by atoms with Gasteiger partial charge in [0, 0.05) is 44.4 Å². The number of nitrogens with zero attached hydrogens (tertiary/aromatic N) is 6. The van der Waals surface area contributed by atoms with Crippen molar-refractivity contribution in [2.24, 2.45) is 5.92 Å². The van der Waals surface area contributed by atoms with Crippen LogP contribution in [0.15, 0.2) is 23.7 Å². The number of aromatic nitrogens is 4. The number of nitriles is 1. The number of anilines is 1. The molecule has 6 nitrogen and oxygen atoms in total. The van der Waals surface area contributed by atoms with Crippen LogP contribution in [0, 0.1) is 17.2 Å². The smallest absolute Gasteiger partial charge is 0.189 e. The Labute approximate surface area is 134 Å². The van der Waals surface area contributed by atoms with Crippen molar-refractivity contribution >= 4 is 17.6 Å². The molecule has 0 bridgehead atoms. The molecular weight excluding hydrogens is 296 g/mol. The zero-order valence-electron chi connectivity index (χ0n) is 12.7. The number of rotatable bonds is 5. The second-order valence-corrected chi connectivity index (χ2v) is 6.10. The van der Waals surface area contributed by atoms with Crippen LogP contribution in [0.4, 0.5) is 5.82 Å². The van der Waals surface area contributed by atoms with Crippen LogP contribution in [0.25, 0.3) is 0 Å². The zero-order valence-corrected chi connectivity index (χ0v) is 13.5. The first-order valence-electron chi connectivity index (χ1n) is 7.31. The van der Waals surface area contributed by atoms with Gasteiger partial charge in [-0.3, -0.25) is 0 Å². The molecule has 114 valence electrons. The molecule has 0 aliphatic carbocycles. The largest absolute Gasteiger partial charge is 0.355 e. The molecule has 0 spiro atoms. The lowest BCUT2D eigenvalue weighted by Gasteiger charge is -2.40. The molecule has 0 unspecified atom stereocenters. The van der Waals surface area contributed by atoms with Gasteiger partial charge in [-0.15, -0.1) is 0 Å². The minimum Gasteiger partial charge on any atom is -0.355 e. The minimum absolute atomic E-state index is 0.549. The molecule has 1 fully saturated rings. The van der Waals surface area contributed by atoms with E-state index in [4.69, 9.17) is 0 Å². The third-order valence-corrected chi connectivity index (χ3v) is 4.44. The van der Waals surface area contributed by atoms with Gasteiger partial charge in [-0.05, 0) is 6.26 Å². The summed E-state index contributed by atoms with van der Waals surface area (Å²) < 4.78 is 2.22. The molecule has 3 rings (SSSR count). The highest BCUT2D eigenvalue weighted by Gasteiger charge is 2.30. The second kappa shape index (κ2) is 6.36. The van der Waals surface area contributed by atoms with Crippen molar-refractivity contribution in [1.29, 1.82) is 5.26 Å². The van der Waals surface area contributed by atoms with Gasteiger partial charge in [0.25, 0.3) is 0 Å². The first kappa shape index (κ1) is 14.9. The molecule has 0 saturated carbocycles. The molecule has 0 amide bonds. The Kier molecular flexibility index (Phi) is 4.29. The van der Waals surface area contributed by atoms with Crippen LogP contribution in [-0.2, 0) is 13.0 Å². The standard InChI is InChI=1S/C15H18N6S/c1-3-13-17-4-5-20(13)8-11-9-21(10-11)14-12(6-16)7-18-15(19-14)22-2/h4-5,7,11H,3,8-10H2,1-2H3. The fraction of sp³-hybridized carbons (Fsp3) is 0.467. The maximum absolute atomic E-state index is 9.22. The van der Waals surface area contributed by atoms with Gasteiger partial charge < -0.3 is 9.47 Å². The summed E-state index contributed by atoms with van der Waals surface area (Å²) in [6.45, 7) is 4.93. The molecule has 22 heavy (non-hydrogen) atoms. The van der Waals surface area contributed by atoms with Crippen molar-refractivity contribution in [3.05, 3.63) is 30.0 Å². The summed E-state index contributed by atoms with van der Waals surface area (Å²) in [5.41, 5.74) is 0.549. The Balaban J connectivity index is 1.67. The monoisotopic (exact) mass is 314 g/mol. The molecule has 1 aliphatic rings. The Morgan fingerprint density at radius 2 is 2.23 bits per heavy atom. The van der Waals surface area contributed by atoms with Crippen LogP contribution in [0.2, 0.25) is 0 Å². The van der Waals surface area contributed by atoms with Gasteiger partial charge >= 0.3 is 0 Å². The van der Waals surface area contributed by atoms with E-state index in [0.717, 1.165) is 37.7 Å². The molecular formula is C15H18N6S. The van der Waals surface area contributed by atoms with Crippen LogP contribution in [0.1, 0.15) is 18.3 Å². The molecule has 0 aromatic carbocycles. The molecule has 1 aliphatic heterocycles. The topological polar surface area (TPSA) is 70.6 Å². The first-order chi connectivity index (χ1) is 10.7.